The standard InChI is InChI=1S/C10H11FO6S/c1-6(12)7-4-8(15-2)10(9(5-7)16-3)17-18(11,13)14/h4-5H,1-3H3. The molecule has 0 N–H and O–H groups in total. The van der Waals surface area contributed by atoms with Gasteiger partial charge in [0.25, 0.3) is 0 Å². The molecule has 0 bridgehead atoms. The van der Waals surface area contributed by atoms with E-state index in [4.69, 9.17) is 9.47 Å². The molecule has 1 rings (SSSR count). The average Bonchev–Trinajstić information content (AvgIpc) is 2.26. The molecule has 0 heterocycles. The van der Waals surface area contributed by atoms with Gasteiger partial charge >= 0.3 is 10.5 Å². The van der Waals surface area contributed by atoms with E-state index < -0.39 is 16.3 Å². The van der Waals surface area contributed by atoms with Crippen LogP contribution in [0.4, 0.5) is 3.89 Å². The summed E-state index contributed by atoms with van der Waals surface area (Å²) in [7, 11) is -2.78. The molecule has 0 spiro atoms. The van der Waals surface area contributed by atoms with Crippen LogP contribution in [0, 0.1) is 0 Å². The van der Waals surface area contributed by atoms with Crippen LogP contribution in [0.1, 0.15) is 17.3 Å². The van der Waals surface area contributed by atoms with Crippen LogP contribution >= 0.6 is 0 Å². The van der Waals surface area contributed by atoms with Crippen molar-refractivity contribution in [1.82, 2.24) is 0 Å². The number of carbonyl (C=O) groups excluding carboxylic acids is 1. The largest absolute Gasteiger partial charge is 0.493 e. The second kappa shape index (κ2) is 5.21. The monoisotopic (exact) mass is 278 g/mol. The molecule has 0 aromatic heterocycles. The summed E-state index contributed by atoms with van der Waals surface area (Å²) in [4.78, 5) is 11.2. The summed E-state index contributed by atoms with van der Waals surface area (Å²) < 4.78 is 47.3. The molecule has 0 unspecified atom stereocenters. The van der Waals surface area contributed by atoms with Crippen molar-refractivity contribution in [3.8, 4) is 17.2 Å². The van der Waals surface area contributed by atoms with Gasteiger partial charge in [-0.25, -0.2) is 0 Å². The quantitative estimate of drug-likeness (QED) is 0.600. The molecule has 0 radical (unpaired) electrons. The lowest BCUT2D eigenvalue weighted by Crippen LogP contribution is -2.06. The van der Waals surface area contributed by atoms with Crippen molar-refractivity contribution in [2.24, 2.45) is 0 Å². The molecule has 18 heavy (non-hydrogen) atoms. The van der Waals surface area contributed by atoms with E-state index in [2.05, 4.69) is 4.18 Å². The van der Waals surface area contributed by atoms with Crippen LogP contribution < -0.4 is 13.7 Å². The van der Waals surface area contributed by atoms with Crippen molar-refractivity contribution in [1.29, 1.82) is 0 Å². The molecule has 0 amide bonds. The lowest BCUT2D eigenvalue weighted by molar-refractivity contribution is 0.101. The number of ether oxygens (including phenoxy) is 2. The van der Waals surface area contributed by atoms with Gasteiger partial charge in [-0.2, -0.15) is 8.42 Å². The van der Waals surface area contributed by atoms with Gasteiger partial charge in [0, 0.05) is 5.56 Å². The number of hydrogen-bond acceptors (Lipinski definition) is 6. The lowest BCUT2D eigenvalue weighted by atomic mass is 10.1. The van der Waals surface area contributed by atoms with Crippen LogP contribution in [0.15, 0.2) is 12.1 Å². The van der Waals surface area contributed by atoms with Crippen LogP contribution in [0.2, 0.25) is 0 Å². The normalized spacial score (nSPS) is 10.9. The fourth-order valence-electron chi connectivity index (χ4n) is 1.26. The molecule has 0 aliphatic heterocycles. The first-order valence-corrected chi connectivity index (χ1v) is 6.00. The van der Waals surface area contributed by atoms with Crippen LogP contribution in [0.3, 0.4) is 0 Å². The van der Waals surface area contributed by atoms with Crippen molar-refractivity contribution in [3.63, 3.8) is 0 Å². The van der Waals surface area contributed by atoms with E-state index in [-0.39, 0.29) is 22.8 Å². The Morgan fingerprint density at radius 2 is 1.61 bits per heavy atom. The van der Waals surface area contributed by atoms with Crippen molar-refractivity contribution in [2.75, 3.05) is 14.2 Å². The molecule has 1 aromatic rings. The van der Waals surface area contributed by atoms with E-state index >= 15 is 0 Å². The van der Waals surface area contributed by atoms with Crippen molar-refractivity contribution < 1.29 is 30.8 Å². The first kappa shape index (κ1) is 14.2. The third kappa shape index (κ3) is 3.33. The first-order chi connectivity index (χ1) is 8.28. The molecular formula is C10H11FO6S. The molecule has 0 saturated heterocycles. The predicted octanol–water partition coefficient (Wildman–Crippen LogP) is 1.50. The van der Waals surface area contributed by atoms with Gasteiger partial charge in [-0.3, -0.25) is 4.79 Å². The fraction of sp³-hybridized carbons (Fsp3) is 0.300. The minimum Gasteiger partial charge on any atom is -0.493 e. The Morgan fingerprint density at radius 3 is 1.89 bits per heavy atom. The summed E-state index contributed by atoms with van der Waals surface area (Å²) in [5.41, 5.74) is 0.215. The Bertz CT molecular complexity index is 541. The highest BCUT2D eigenvalue weighted by atomic mass is 32.3. The number of carbonyl (C=O) groups is 1. The Balaban J connectivity index is 3.44. The second-order valence-corrected chi connectivity index (χ2v) is 4.20. The summed E-state index contributed by atoms with van der Waals surface area (Å²) in [6, 6.07) is 2.46. The highest BCUT2D eigenvalue weighted by Crippen LogP contribution is 2.39. The minimum absolute atomic E-state index is 0.124. The lowest BCUT2D eigenvalue weighted by Gasteiger charge is -2.12. The maximum absolute atomic E-state index is 12.5. The Kier molecular flexibility index (Phi) is 4.12. The topological polar surface area (TPSA) is 78.9 Å². The number of ketones is 1. The van der Waals surface area contributed by atoms with Crippen molar-refractivity contribution in [2.45, 2.75) is 6.92 Å². The van der Waals surface area contributed by atoms with Crippen LogP contribution in [0.5, 0.6) is 17.2 Å². The van der Waals surface area contributed by atoms with Crippen LogP contribution in [-0.2, 0) is 10.5 Å². The molecule has 0 fully saturated rings. The van der Waals surface area contributed by atoms with Gasteiger partial charge in [-0.15, -0.1) is 0 Å². The SMILES string of the molecule is COc1cc(C(C)=O)cc(OC)c1OS(=O)(=O)F. The molecule has 0 aliphatic rings. The molecule has 0 atom stereocenters. The average molecular weight is 278 g/mol. The fourth-order valence-corrected chi connectivity index (χ4v) is 1.63. The first-order valence-electron chi connectivity index (χ1n) is 4.69. The van der Waals surface area contributed by atoms with Gasteiger partial charge in [0.15, 0.2) is 17.3 Å². The van der Waals surface area contributed by atoms with E-state index in [1.165, 1.54) is 33.3 Å². The maximum Gasteiger partial charge on any atom is 0.488 e. The number of methoxy groups -OCH3 is 2. The molecule has 1 aromatic carbocycles. The smallest absolute Gasteiger partial charge is 0.488 e. The predicted molar refractivity (Wildman–Crippen MR) is 60.2 cm³/mol. The second-order valence-electron chi connectivity index (χ2n) is 3.24. The molecule has 100 valence electrons. The number of halogens is 1. The minimum atomic E-state index is -5.22. The summed E-state index contributed by atoms with van der Waals surface area (Å²) in [5, 5.41) is 0. The Hall–Kier alpha value is -1.83. The van der Waals surface area contributed by atoms with Gasteiger partial charge in [-0.05, 0) is 19.1 Å². The third-order valence-electron chi connectivity index (χ3n) is 2.05. The summed E-state index contributed by atoms with van der Waals surface area (Å²) in [6.45, 7) is 1.31. The Morgan fingerprint density at radius 1 is 1.17 bits per heavy atom. The van der Waals surface area contributed by atoms with E-state index in [0.29, 0.717) is 0 Å². The maximum atomic E-state index is 12.5. The molecule has 0 saturated carbocycles. The Labute approximate surface area is 104 Å². The van der Waals surface area contributed by atoms with Gasteiger partial charge in [0.2, 0.25) is 5.75 Å². The van der Waals surface area contributed by atoms with Gasteiger partial charge in [0.05, 0.1) is 14.2 Å². The van der Waals surface area contributed by atoms with Gasteiger partial charge in [0.1, 0.15) is 0 Å². The number of rotatable bonds is 5. The van der Waals surface area contributed by atoms with Crippen LogP contribution in [-0.4, -0.2) is 28.4 Å². The van der Waals surface area contributed by atoms with Crippen molar-refractivity contribution in [3.05, 3.63) is 17.7 Å². The zero-order valence-corrected chi connectivity index (χ0v) is 10.7. The number of benzene rings is 1. The van der Waals surface area contributed by atoms with E-state index in [1.54, 1.807) is 0 Å². The molecule has 8 heteroatoms. The highest BCUT2D eigenvalue weighted by molar-refractivity contribution is 7.81. The zero-order chi connectivity index (χ0) is 13.9. The zero-order valence-electron chi connectivity index (χ0n) is 9.89. The van der Waals surface area contributed by atoms with E-state index in [1.807, 2.05) is 0 Å². The van der Waals surface area contributed by atoms with E-state index in [0.717, 1.165) is 0 Å². The third-order valence-corrected chi connectivity index (χ3v) is 2.42. The summed E-state index contributed by atoms with van der Waals surface area (Å²) in [6.07, 6.45) is 0. The number of Topliss-reactive ketones (excluding diaryl/α,β-unsaturated/α-hetero) is 1. The van der Waals surface area contributed by atoms with Crippen molar-refractivity contribution >= 4 is 16.3 Å². The van der Waals surface area contributed by atoms with E-state index in [9.17, 15) is 17.1 Å². The highest BCUT2D eigenvalue weighted by Gasteiger charge is 2.21. The summed E-state index contributed by atoms with van der Waals surface area (Å²) >= 11 is 0. The summed E-state index contributed by atoms with van der Waals surface area (Å²) in [5.74, 6) is -0.990. The molecular weight excluding hydrogens is 267 g/mol. The van der Waals surface area contributed by atoms with Gasteiger partial charge in [-0.1, -0.05) is 3.89 Å². The molecule has 6 nitrogen and oxygen atoms in total. The van der Waals surface area contributed by atoms with Crippen LogP contribution in [0.25, 0.3) is 0 Å². The van der Waals surface area contributed by atoms with Gasteiger partial charge < -0.3 is 13.7 Å². The number of hydrogen-bond donors (Lipinski definition) is 0. The molecule has 0 aliphatic carbocycles.